The molecular formula is C13H15NO3. The molecule has 1 aromatic rings. The third-order valence-electron chi connectivity index (χ3n) is 2.23. The van der Waals surface area contributed by atoms with Crippen molar-refractivity contribution in [2.24, 2.45) is 0 Å². The third kappa shape index (κ3) is 3.45. The fraction of sp³-hybridized carbons (Fsp3) is 0.231. The van der Waals surface area contributed by atoms with Gasteiger partial charge in [-0.15, -0.1) is 0 Å². The molecule has 0 fully saturated rings. The van der Waals surface area contributed by atoms with Crippen LogP contribution in [0, 0.1) is 0 Å². The Bertz CT molecular complexity index is 426. The molecule has 0 unspecified atom stereocenters. The van der Waals surface area contributed by atoms with Crippen molar-refractivity contribution < 1.29 is 14.3 Å². The molecule has 1 aromatic carbocycles. The van der Waals surface area contributed by atoms with Crippen LogP contribution in [0.15, 0.2) is 42.5 Å². The largest absolute Gasteiger partial charge is 0.467 e. The molecular weight excluding hydrogens is 218 g/mol. The van der Waals surface area contributed by atoms with E-state index in [1.54, 1.807) is 31.2 Å². The Morgan fingerprint density at radius 3 is 2.35 bits per heavy atom. The van der Waals surface area contributed by atoms with Crippen molar-refractivity contribution in [1.29, 1.82) is 0 Å². The zero-order chi connectivity index (χ0) is 12.8. The molecule has 1 N–H and O–H groups in total. The van der Waals surface area contributed by atoms with Gasteiger partial charge in [0.1, 0.15) is 0 Å². The van der Waals surface area contributed by atoms with Gasteiger partial charge in [-0.1, -0.05) is 36.9 Å². The molecule has 0 heterocycles. The van der Waals surface area contributed by atoms with Gasteiger partial charge in [0, 0.05) is 5.57 Å². The van der Waals surface area contributed by atoms with E-state index >= 15 is 0 Å². The van der Waals surface area contributed by atoms with E-state index in [-0.39, 0.29) is 5.91 Å². The maximum Gasteiger partial charge on any atom is 0.333 e. The first-order valence-electron chi connectivity index (χ1n) is 5.15. The average Bonchev–Trinajstić information content (AvgIpc) is 2.35. The fourth-order valence-corrected chi connectivity index (χ4v) is 1.30. The zero-order valence-corrected chi connectivity index (χ0v) is 9.90. The van der Waals surface area contributed by atoms with Crippen LogP contribution in [0.5, 0.6) is 0 Å². The number of benzene rings is 1. The number of amides is 1. The highest BCUT2D eigenvalue weighted by molar-refractivity contribution is 5.95. The van der Waals surface area contributed by atoms with Crippen LogP contribution in [0.2, 0.25) is 0 Å². The van der Waals surface area contributed by atoms with Gasteiger partial charge in [0.15, 0.2) is 6.04 Å². The third-order valence-corrected chi connectivity index (χ3v) is 2.23. The number of carbonyl (C=O) groups excluding carboxylic acids is 2. The van der Waals surface area contributed by atoms with E-state index in [0.29, 0.717) is 11.1 Å². The second-order valence-corrected chi connectivity index (χ2v) is 3.62. The second-order valence-electron chi connectivity index (χ2n) is 3.62. The summed E-state index contributed by atoms with van der Waals surface area (Å²) in [5.74, 6) is -0.880. The molecule has 0 aliphatic rings. The number of hydrogen-bond acceptors (Lipinski definition) is 3. The van der Waals surface area contributed by atoms with Crippen LogP contribution in [0.4, 0.5) is 0 Å². The molecule has 0 radical (unpaired) electrons. The van der Waals surface area contributed by atoms with Crippen LogP contribution < -0.4 is 5.32 Å². The lowest BCUT2D eigenvalue weighted by Gasteiger charge is -2.16. The molecule has 0 saturated carbocycles. The summed E-state index contributed by atoms with van der Waals surface area (Å²) in [5, 5.41) is 2.57. The first-order chi connectivity index (χ1) is 8.06. The molecule has 17 heavy (non-hydrogen) atoms. The Morgan fingerprint density at radius 2 is 1.88 bits per heavy atom. The van der Waals surface area contributed by atoms with E-state index in [2.05, 4.69) is 16.6 Å². The fourth-order valence-electron chi connectivity index (χ4n) is 1.30. The van der Waals surface area contributed by atoms with Crippen molar-refractivity contribution in [3.63, 3.8) is 0 Å². The quantitative estimate of drug-likeness (QED) is 0.634. The Morgan fingerprint density at radius 1 is 1.29 bits per heavy atom. The van der Waals surface area contributed by atoms with E-state index < -0.39 is 12.0 Å². The minimum atomic E-state index is -0.801. The van der Waals surface area contributed by atoms with Gasteiger partial charge in [-0.2, -0.15) is 0 Å². The smallest absolute Gasteiger partial charge is 0.333 e. The summed E-state index contributed by atoms with van der Waals surface area (Å²) in [5.41, 5.74) is 1.02. The second kappa shape index (κ2) is 5.84. The Labute approximate surface area is 100 Å². The first kappa shape index (κ1) is 13.0. The number of carbonyl (C=O) groups is 2. The van der Waals surface area contributed by atoms with Crippen LogP contribution in [-0.4, -0.2) is 19.0 Å². The normalized spacial score (nSPS) is 11.4. The summed E-state index contributed by atoms with van der Waals surface area (Å²) < 4.78 is 4.66. The van der Waals surface area contributed by atoms with Gasteiger partial charge in [-0.05, 0) is 12.5 Å². The van der Waals surface area contributed by atoms with Crippen LogP contribution in [0.3, 0.4) is 0 Å². The van der Waals surface area contributed by atoms with Gasteiger partial charge in [0.05, 0.1) is 7.11 Å². The highest BCUT2D eigenvalue weighted by Crippen LogP contribution is 2.14. The summed E-state index contributed by atoms with van der Waals surface area (Å²) >= 11 is 0. The Hall–Kier alpha value is -2.10. The maximum atomic E-state index is 11.6. The van der Waals surface area contributed by atoms with E-state index in [4.69, 9.17) is 0 Å². The molecule has 0 aromatic heterocycles. The summed E-state index contributed by atoms with van der Waals surface area (Å²) in [6, 6.07) is 8.11. The topological polar surface area (TPSA) is 55.4 Å². The lowest BCUT2D eigenvalue weighted by molar-refractivity contribution is -0.144. The Kier molecular flexibility index (Phi) is 4.46. The summed E-state index contributed by atoms with van der Waals surface area (Å²) in [7, 11) is 1.28. The SMILES string of the molecule is C=C(C)C(=O)N[C@H](C(=O)OC)c1ccccc1. The molecule has 90 valence electrons. The molecule has 0 spiro atoms. The van der Waals surface area contributed by atoms with Crippen LogP contribution in [-0.2, 0) is 14.3 Å². The first-order valence-corrected chi connectivity index (χ1v) is 5.15. The summed E-state index contributed by atoms with van der Waals surface area (Å²) in [4.78, 5) is 23.1. The zero-order valence-electron chi connectivity index (χ0n) is 9.90. The molecule has 1 atom stereocenters. The number of esters is 1. The molecule has 0 saturated heterocycles. The van der Waals surface area contributed by atoms with Crippen LogP contribution in [0.25, 0.3) is 0 Å². The van der Waals surface area contributed by atoms with Gasteiger partial charge < -0.3 is 10.1 Å². The van der Waals surface area contributed by atoms with Crippen LogP contribution >= 0.6 is 0 Å². The predicted octanol–water partition coefficient (Wildman–Crippen LogP) is 1.59. The van der Waals surface area contributed by atoms with Gasteiger partial charge in [-0.25, -0.2) is 4.79 Å². The number of hydrogen-bond donors (Lipinski definition) is 1. The molecule has 0 aliphatic carbocycles. The molecule has 1 rings (SSSR count). The average molecular weight is 233 g/mol. The van der Waals surface area contributed by atoms with Crippen molar-refractivity contribution in [3.05, 3.63) is 48.0 Å². The van der Waals surface area contributed by atoms with Crippen molar-refractivity contribution in [1.82, 2.24) is 5.32 Å². The van der Waals surface area contributed by atoms with Crippen molar-refractivity contribution in [3.8, 4) is 0 Å². The van der Waals surface area contributed by atoms with E-state index in [9.17, 15) is 9.59 Å². The van der Waals surface area contributed by atoms with Crippen molar-refractivity contribution in [2.75, 3.05) is 7.11 Å². The monoisotopic (exact) mass is 233 g/mol. The summed E-state index contributed by atoms with van der Waals surface area (Å²) in [6.45, 7) is 5.10. The molecule has 4 heteroatoms. The Balaban J connectivity index is 2.93. The minimum Gasteiger partial charge on any atom is -0.467 e. The van der Waals surface area contributed by atoms with Gasteiger partial charge in [-0.3, -0.25) is 4.79 Å². The van der Waals surface area contributed by atoms with E-state index in [1.165, 1.54) is 7.11 Å². The summed E-state index contributed by atoms with van der Waals surface area (Å²) in [6.07, 6.45) is 0. The minimum absolute atomic E-state index is 0.342. The predicted molar refractivity (Wildman–Crippen MR) is 64.2 cm³/mol. The van der Waals surface area contributed by atoms with Gasteiger partial charge in [0.25, 0.3) is 0 Å². The number of ether oxygens (including phenoxy) is 1. The highest BCUT2D eigenvalue weighted by Gasteiger charge is 2.23. The van der Waals surface area contributed by atoms with Crippen molar-refractivity contribution >= 4 is 11.9 Å². The maximum absolute atomic E-state index is 11.6. The standard InChI is InChI=1S/C13H15NO3/c1-9(2)12(15)14-11(13(16)17-3)10-7-5-4-6-8-10/h4-8,11H,1H2,2-3H3,(H,14,15)/t11-/m0/s1. The number of nitrogens with one attached hydrogen (secondary N) is 1. The molecule has 0 aliphatic heterocycles. The lowest BCUT2D eigenvalue weighted by atomic mass is 10.1. The van der Waals surface area contributed by atoms with E-state index in [1.807, 2.05) is 6.07 Å². The van der Waals surface area contributed by atoms with Gasteiger partial charge in [0.2, 0.25) is 5.91 Å². The number of methoxy groups -OCH3 is 1. The molecule has 0 bridgehead atoms. The lowest BCUT2D eigenvalue weighted by Crippen LogP contribution is -2.34. The number of rotatable bonds is 4. The van der Waals surface area contributed by atoms with Crippen molar-refractivity contribution in [2.45, 2.75) is 13.0 Å². The molecule has 1 amide bonds. The van der Waals surface area contributed by atoms with Crippen LogP contribution in [0.1, 0.15) is 18.5 Å². The van der Waals surface area contributed by atoms with Gasteiger partial charge >= 0.3 is 5.97 Å². The highest BCUT2D eigenvalue weighted by atomic mass is 16.5. The van der Waals surface area contributed by atoms with E-state index in [0.717, 1.165) is 0 Å². The molecule has 4 nitrogen and oxygen atoms in total.